The van der Waals surface area contributed by atoms with Crippen LogP contribution in [0.4, 0.5) is 4.79 Å². The number of fused-ring (bicyclic) bond motifs is 1. The van der Waals surface area contributed by atoms with Gasteiger partial charge in [-0.05, 0) is 55.4 Å². The number of carbonyl (C=O) groups is 4. The summed E-state index contributed by atoms with van der Waals surface area (Å²) in [6.45, 7) is 1.26. The Labute approximate surface area is 257 Å². The van der Waals surface area contributed by atoms with Crippen molar-refractivity contribution in [3.05, 3.63) is 64.7 Å². The van der Waals surface area contributed by atoms with Gasteiger partial charge in [-0.3, -0.25) is 9.59 Å². The quantitative estimate of drug-likeness (QED) is 0.335. The third-order valence-electron chi connectivity index (χ3n) is 8.71. The number of rotatable bonds is 11. The normalized spacial score (nSPS) is 19.0. The molecule has 9 nitrogen and oxygen atoms in total. The summed E-state index contributed by atoms with van der Waals surface area (Å²) in [6, 6.07) is 13.2. The first-order chi connectivity index (χ1) is 20.8. The van der Waals surface area contributed by atoms with E-state index in [1.807, 2.05) is 36.4 Å². The highest BCUT2D eigenvalue weighted by molar-refractivity contribution is 6.30. The van der Waals surface area contributed by atoms with Gasteiger partial charge in [0.1, 0.15) is 30.3 Å². The van der Waals surface area contributed by atoms with Gasteiger partial charge in [0.05, 0.1) is 12.6 Å². The van der Waals surface area contributed by atoms with Crippen LogP contribution in [0.15, 0.2) is 48.5 Å². The molecule has 0 aromatic heterocycles. The van der Waals surface area contributed by atoms with E-state index in [-0.39, 0.29) is 24.7 Å². The second kappa shape index (κ2) is 14.3. The van der Waals surface area contributed by atoms with Crippen molar-refractivity contribution in [2.75, 3.05) is 13.2 Å². The van der Waals surface area contributed by atoms with E-state index in [1.165, 1.54) is 6.42 Å². The van der Waals surface area contributed by atoms with Crippen molar-refractivity contribution in [1.29, 1.82) is 0 Å². The van der Waals surface area contributed by atoms with Crippen LogP contribution >= 0.6 is 11.6 Å². The summed E-state index contributed by atoms with van der Waals surface area (Å²) >= 11 is 6.16. The van der Waals surface area contributed by atoms with Gasteiger partial charge in [-0.25, -0.2) is 4.79 Å². The average Bonchev–Trinajstić information content (AvgIpc) is 3.82. The Hall–Kier alpha value is -3.59. The van der Waals surface area contributed by atoms with Crippen molar-refractivity contribution < 1.29 is 28.7 Å². The maximum atomic E-state index is 13.5. The number of halogens is 1. The predicted molar refractivity (Wildman–Crippen MR) is 162 cm³/mol. The fraction of sp³-hybridized carbons (Fsp3) is 0.515. The Morgan fingerprint density at radius 1 is 1.07 bits per heavy atom. The van der Waals surface area contributed by atoms with Crippen LogP contribution in [0.5, 0.6) is 5.75 Å². The number of amides is 3. The molecular formula is C33H40ClN3O6. The second-order valence-corrected chi connectivity index (χ2v) is 12.3. The smallest absolute Gasteiger partial charge is 0.408 e. The van der Waals surface area contributed by atoms with Crippen molar-refractivity contribution in [1.82, 2.24) is 15.5 Å². The molecule has 2 aromatic carbocycles. The third kappa shape index (κ3) is 8.28. The van der Waals surface area contributed by atoms with E-state index in [2.05, 4.69) is 10.6 Å². The molecule has 5 rings (SSSR count). The topological polar surface area (TPSA) is 114 Å². The maximum absolute atomic E-state index is 13.5. The Morgan fingerprint density at radius 2 is 1.86 bits per heavy atom. The van der Waals surface area contributed by atoms with Crippen LogP contribution < -0.4 is 15.4 Å². The number of nitrogens with zero attached hydrogens (tertiary/aromatic N) is 1. The summed E-state index contributed by atoms with van der Waals surface area (Å²) in [5.74, 6) is 0.498. The van der Waals surface area contributed by atoms with Crippen molar-refractivity contribution >= 4 is 35.8 Å². The summed E-state index contributed by atoms with van der Waals surface area (Å²) in [5.41, 5.74) is 1.01. The summed E-state index contributed by atoms with van der Waals surface area (Å²) in [5, 5.41) is 6.14. The van der Waals surface area contributed by atoms with Gasteiger partial charge in [-0.1, -0.05) is 74.0 Å². The van der Waals surface area contributed by atoms with E-state index in [1.54, 1.807) is 17.0 Å². The van der Waals surface area contributed by atoms with E-state index in [0.29, 0.717) is 50.3 Å². The van der Waals surface area contributed by atoms with Crippen LogP contribution in [-0.2, 0) is 31.3 Å². The van der Waals surface area contributed by atoms with E-state index >= 15 is 0 Å². The first kappa shape index (κ1) is 30.9. The largest absolute Gasteiger partial charge is 0.491 e. The highest BCUT2D eigenvalue weighted by Crippen LogP contribution is 2.49. The molecule has 3 aliphatic rings. The third-order valence-corrected chi connectivity index (χ3v) is 8.95. The maximum Gasteiger partial charge on any atom is 0.408 e. The SMILES string of the molecule is O=C[C@H](CCC(=O)N1CCOc2ccccc2C1)NC(=O)[C@H](CC1CCCCC1)NC(=O)OC1(c2cccc(Cl)c2)CC1. The Kier molecular flexibility index (Phi) is 10.2. The van der Waals surface area contributed by atoms with Gasteiger partial charge in [0.25, 0.3) is 0 Å². The van der Waals surface area contributed by atoms with Crippen LogP contribution in [0.25, 0.3) is 0 Å². The molecule has 0 saturated heterocycles. The first-order valence-electron chi connectivity index (χ1n) is 15.3. The van der Waals surface area contributed by atoms with Gasteiger partial charge < -0.3 is 29.8 Å². The minimum absolute atomic E-state index is 0.0940. The number of carbonyl (C=O) groups excluding carboxylic acids is 4. The molecule has 2 aliphatic carbocycles. The molecule has 2 aromatic rings. The number of hydrogen-bond acceptors (Lipinski definition) is 6. The van der Waals surface area contributed by atoms with E-state index in [4.69, 9.17) is 21.1 Å². The lowest BCUT2D eigenvalue weighted by atomic mass is 9.84. The number of nitrogens with one attached hydrogen (secondary N) is 2. The lowest BCUT2D eigenvalue weighted by Crippen LogP contribution is -2.51. The molecule has 2 N–H and O–H groups in total. The van der Waals surface area contributed by atoms with Crippen molar-refractivity contribution in [2.45, 2.75) is 88.4 Å². The van der Waals surface area contributed by atoms with Gasteiger partial charge in [0, 0.05) is 23.6 Å². The molecule has 1 aliphatic heterocycles. The summed E-state index contributed by atoms with van der Waals surface area (Å²) < 4.78 is 11.6. The lowest BCUT2D eigenvalue weighted by molar-refractivity contribution is -0.132. The minimum atomic E-state index is -0.861. The highest BCUT2D eigenvalue weighted by atomic mass is 35.5. The highest BCUT2D eigenvalue weighted by Gasteiger charge is 2.49. The number of hydrogen-bond donors (Lipinski definition) is 2. The number of ether oxygens (including phenoxy) is 2. The van der Waals surface area contributed by atoms with Gasteiger partial charge in [0.2, 0.25) is 11.8 Å². The van der Waals surface area contributed by atoms with Gasteiger partial charge in [-0.2, -0.15) is 0 Å². The standard InChI is InChI=1S/C33H40ClN3O6/c34-26-11-6-10-25(20-26)33(15-16-33)43-32(41)36-28(19-23-7-2-1-3-8-23)31(40)35-27(22-38)13-14-30(39)37-17-18-42-29-12-5-4-9-24(29)21-37/h4-6,9-12,20,22-23,27-28H,1-3,7-8,13-19,21H2,(H,35,40)(H,36,41)/t27-,28-/m0/s1. The van der Waals surface area contributed by atoms with E-state index in [9.17, 15) is 19.2 Å². The zero-order valence-corrected chi connectivity index (χ0v) is 25.2. The lowest BCUT2D eigenvalue weighted by Gasteiger charge is -2.28. The number of benzene rings is 2. The number of alkyl carbamates (subject to hydrolysis) is 1. The van der Waals surface area contributed by atoms with E-state index < -0.39 is 29.7 Å². The Bertz CT molecular complexity index is 1310. The molecule has 3 amide bonds. The van der Waals surface area contributed by atoms with Crippen LogP contribution in [0.2, 0.25) is 5.02 Å². The summed E-state index contributed by atoms with van der Waals surface area (Å²) in [7, 11) is 0. The monoisotopic (exact) mass is 609 g/mol. The molecule has 1 heterocycles. The Balaban J connectivity index is 1.18. The molecule has 2 saturated carbocycles. The number of para-hydroxylation sites is 1. The molecule has 2 fully saturated rings. The van der Waals surface area contributed by atoms with Crippen molar-refractivity contribution in [3.63, 3.8) is 0 Å². The van der Waals surface area contributed by atoms with Crippen LogP contribution in [0, 0.1) is 5.92 Å². The minimum Gasteiger partial charge on any atom is -0.491 e. The zero-order chi connectivity index (χ0) is 30.2. The Morgan fingerprint density at radius 3 is 2.60 bits per heavy atom. The van der Waals surface area contributed by atoms with Gasteiger partial charge in [-0.15, -0.1) is 0 Å². The molecule has 230 valence electrons. The van der Waals surface area contributed by atoms with Crippen molar-refractivity contribution in [3.8, 4) is 5.75 Å². The summed E-state index contributed by atoms with van der Waals surface area (Å²) in [6.07, 6.45) is 7.37. The van der Waals surface area contributed by atoms with Crippen molar-refractivity contribution in [2.24, 2.45) is 5.92 Å². The second-order valence-electron chi connectivity index (χ2n) is 11.9. The molecule has 43 heavy (non-hydrogen) atoms. The fourth-order valence-electron chi connectivity index (χ4n) is 6.11. The van der Waals surface area contributed by atoms with Crippen LogP contribution in [0.3, 0.4) is 0 Å². The summed E-state index contributed by atoms with van der Waals surface area (Å²) in [4.78, 5) is 53.3. The molecule has 2 atom stereocenters. The molecule has 0 radical (unpaired) electrons. The molecule has 0 bridgehead atoms. The van der Waals surface area contributed by atoms with Crippen LogP contribution in [0.1, 0.15) is 75.3 Å². The molecule has 0 spiro atoms. The zero-order valence-electron chi connectivity index (χ0n) is 24.4. The fourth-order valence-corrected chi connectivity index (χ4v) is 6.30. The van der Waals surface area contributed by atoms with Gasteiger partial charge in [0.15, 0.2) is 0 Å². The predicted octanol–water partition coefficient (Wildman–Crippen LogP) is 5.28. The van der Waals surface area contributed by atoms with Gasteiger partial charge >= 0.3 is 6.09 Å². The first-order valence-corrected chi connectivity index (χ1v) is 15.7. The van der Waals surface area contributed by atoms with E-state index in [0.717, 1.165) is 42.6 Å². The average molecular weight is 610 g/mol. The molecule has 0 unspecified atom stereocenters. The van der Waals surface area contributed by atoms with Crippen LogP contribution in [-0.4, -0.2) is 54.3 Å². The molecule has 10 heteroatoms. The number of aldehydes is 1. The molecular weight excluding hydrogens is 570 g/mol.